The average Bonchev–Trinajstić information content (AvgIpc) is 2.02. The molecule has 2 nitrogen and oxygen atoms in total. The van der Waals surface area contributed by atoms with Crippen molar-refractivity contribution in [1.82, 2.24) is 0 Å². The Hall–Kier alpha value is -0.570. The molecule has 0 aliphatic rings. The minimum atomic E-state index is -0.670. The molecule has 0 amide bonds. The van der Waals surface area contributed by atoms with Crippen LogP contribution in [0.2, 0.25) is 0 Å². The second-order valence-electron chi connectivity index (χ2n) is 5.11. The number of Topliss-reactive ketones (excluding diaryl/α,β-unsaturated/α-hetero) is 2. The van der Waals surface area contributed by atoms with Gasteiger partial charge >= 0.3 is 0 Å². The molecule has 0 fully saturated rings. The zero-order valence-corrected chi connectivity index (χ0v) is 10.3. The van der Waals surface area contributed by atoms with Gasteiger partial charge in [-0.25, -0.2) is 0 Å². The number of hydrogen-bond donors (Lipinski definition) is 0. The van der Waals surface area contributed by atoms with Crippen LogP contribution in [-0.4, -0.2) is 16.9 Å². The van der Waals surface area contributed by atoms with Gasteiger partial charge in [-0.05, 0) is 19.2 Å². The van der Waals surface area contributed by atoms with Crippen molar-refractivity contribution in [2.45, 2.75) is 41.0 Å². The highest BCUT2D eigenvalue weighted by Gasteiger charge is 2.30. The average molecular weight is 214 g/mol. The van der Waals surface area contributed by atoms with Crippen LogP contribution in [0.5, 0.6) is 0 Å². The molecule has 0 aromatic heterocycles. The monoisotopic (exact) mass is 214 g/mol. The molecule has 0 aliphatic heterocycles. The van der Waals surface area contributed by atoms with Gasteiger partial charge in [-0.2, -0.15) is 0 Å². The molecule has 14 heavy (non-hydrogen) atoms. The van der Waals surface area contributed by atoms with Gasteiger partial charge in [0, 0.05) is 5.41 Å². The molecule has 0 bridgehead atoms. The predicted octanol–water partition coefficient (Wildman–Crippen LogP) is 2.59. The molecule has 0 spiro atoms. The molecule has 0 saturated heterocycles. The first-order chi connectivity index (χ1) is 6.11. The minimum absolute atomic E-state index is 0.0242. The first kappa shape index (κ1) is 13.4. The number of carbonyl (C=O) groups is 2. The van der Waals surface area contributed by atoms with Gasteiger partial charge in [0.25, 0.3) is 0 Å². The standard InChI is InChI=1S/C11H18O2S/c1-10(2,3)8(12)6-9(13)11(4,5)7-14/h7H,6H2,1-5H3. The van der Waals surface area contributed by atoms with Crippen molar-refractivity contribution in [3.8, 4) is 0 Å². The SMILES string of the molecule is CC(C)(C)C(=O)CC(=O)C(C)(C)C=S. The van der Waals surface area contributed by atoms with Crippen LogP contribution in [-0.2, 0) is 9.59 Å². The van der Waals surface area contributed by atoms with E-state index in [0.717, 1.165) is 0 Å². The van der Waals surface area contributed by atoms with E-state index in [-0.39, 0.29) is 18.0 Å². The second-order valence-corrected chi connectivity index (χ2v) is 5.35. The van der Waals surface area contributed by atoms with Crippen LogP contribution in [0.3, 0.4) is 0 Å². The Morgan fingerprint density at radius 3 is 1.79 bits per heavy atom. The maximum atomic E-state index is 11.6. The third kappa shape index (κ3) is 3.66. The summed E-state index contributed by atoms with van der Waals surface area (Å²) in [5.74, 6) is -0.139. The van der Waals surface area contributed by atoms with E-state index in [1.807, 2.05) is 20.8 Å². The molecular formula is C11H18O2S. The van der Waals surface area contributed by atoms with Crippen LogP contribution in [0, 0.1) is 10.8 Å². The van der Waals surface area contributed by atoms with Crippen LogP contribution in [0.1, 0.15) is 41.0 Å². The molecule has 0 N–H and O–H groups in total. The van der Waals surface area contributed by atoms with Crippen LogP contribution in [0.25, 0.3) is 0 Å². The second kappa shape index (κ2) is 4.30. The zero-order chi connectivity index (χ0) is 11.6. The lowest BCUT2D eigenvalue weighted by molar-refractivity contribution is -0.133. The van der Waals surface area contributed by atoms with Crippen molar-refractivity contribution < 1.29 is 9.59 Å². The van der Waals surface area contributed by atoms with E-state index in [9.17, 15) is 9.59 Å². The number of carbonyl (C=O) groups excluding carboxylic acids is 2. The normalized spacial score (nSPS) is 12.4. The lowest BCUT2D eigenvalue weighted by Crippen LogP contribution is -2.31. The lowest BCUT2D eigenvalue weighted by Gasteiger charge is -2.20. The van der Waals surface area contributed by atoms with E-state index in [4.69, 9.17) is 12.2 Å². The third-order valence-electron chi connectivity index (χ3n) is 2.17. The van der Waals surface area contributed by atoms with Gasteiger partial charge in [0.1, 0.15) is 11.6 Å². The Bertz CT molecular complexity index is 259. The highest BCUT2D eigenvalue weighted by Crippen LogP contribution is 2.22. The summed E-state index contributed by atoms with van der Waals surface area (Å²) in [6, 6.07) is 0. The summed E-state index contributed by atoms with van der Waals surface area (Å²) < 4.78 is 0. The van der Waals surface area contributed by atoms with Crippen molar-refractivity contribution in [3.63, 3.8) is 0 Å². The molecule has 0 aromatic carbocycles. The Labute approximate surface area is 91.1 Å². The summed E-state index contributed by atoms with van der Waals surface area (Å²) in [7, 11) is 0. The fourth-order valence-corrected chi connectivity index (χ4v) is 0.836. The van der Waals surface area contributed by atoms with E-state index >= 15 is 0 Å². The number of thiocarbonyl (C=S) groups is 1. The minimum Gasteiger partial charge on any atom is -0.299 e. The van der Waals surface area contributed by atoms with Crippen LogP contribution in [0.4, 0.5) is 0 Å². The molecular weight excluding hydrogens is 196 g/mol. The summed E-state index contributed by atoms with van der Waals surface area (Å²) in [6.07, 6.45) is -0.0242. The van der Waals surface area contributed by atoms with Crippen molar-refractivity contribution >= 4 is 29.2 Å². The van der Waals surface area contributed by atoms with Gasteiger partial charge in [-0.1, -0.05) is 33.0 Å². The molecule has 0 saturated carbocycles. The highest BCUT2D eigenvalue weighted by molar-refractivity contribution is 7.79. The maximum absolute atomic E-state index is 11.6. The van der Waals surface area contributed by atoms with Crippen LogP contribution >= 0.6 is 12.2 Å². The smallest absolute Gasteiger partial charge is 0.150 e. The van der Waals surface area contributed by atoms with E-state index < -0.39 is 10.8 Å². The van der Waals surface area contributed by atoms with E-state index in [0.29, 0.717) is 0 Å². The molecule has 80 valence electrons. The summed E-state index contributed by atoms with van der Waals surface area (Å²) in [6.45, 7) is 8.91. The van der Waals surface area contributed by atoms with E-state index in [1.54, 1.807) is 13.8 Å². The Balaban J connectivity index is 4.50. The first-order valence-electron chi connectivity index (χ1n) is 4.64. The predicted molar refractivity (Wildman–Crippen MR) is 61.5 cm³/mol. The molecule has 0 atom stereocenters. The van der Waals surface area contributed by atoms with Gasteiger partial charge in [0.2, 0.25) is 0 Å². The molecule has 0 heterocycles. The Morgan fingerprint density at radius 1 is 1.07 bits per heavy atom. The van der Waals surface area contributed by atoms with Gasteiger partial charge in [-0.3, -0.25) is 9.59 Å². The number of rotatable bonds is 4. The van der Waals surface area contributed by atoms with E-state index in [2.05, 4.69) is 0 Å². The number of hydrogen-bond acceptors (Lipinski definition) is 3. The largest absolute Gasteiger partial charge is 0.299 e. The number of ketones is 2. The zero-order valence-electron chi connectivity index (χ0n) is 9.51. The molecule has 3 heteroatoms. The van der Waals surface area contributed by atoms with Gasteiger partial charge in [-0.15, -0.1) is 0 Å². The van der Waals surface area contributed by atoms with Crippen molar-refractivity contribution in [2.24, 2.45) is 10.8 Å². The first-order valence-corrected chi connectivity index (χ1v) is 5.11. The topological polar surface area (TPSA) is 34.1 Å². The van der Waals surface area contributed by atoms with Crippen LogP contribution in [0.15, 0.2) is 0 Å². The van der Waals surface area contributed by atoms with Gasteiger partial charge in [0.15, 0.2) is 0 Å². The van der Waals surface area contributed by atoms with Crippen molar-refractivity contribution in [1.29, 1.82) is 0 Å². The summed E-state index contributed by atoms with van der Waals surface area (Å²) >= 11 is 4.75. The Morgan fingerprint density at radius 2 is 1.50 bits per heavy atom. The maximum Gasteiger partial charge on any atom is 0.150 e. The van der Waals surface area contributed by atoms with Crippen molar-refractivity contribution in [2.75, 3.05) is 0 Å². The fraction of sp³-hybridized carbons (Fsp3) is 0.727. The summed E-state index contributed by atoms with van der Waals surface area (Å²) in [4.78, 5) is 23.2. The summed E-state index contributed by atoms with van der Waals surface area (Å²) in [5, 5.41) is 1.42. The molecule has 0 radical (unpaired) electrons. The molecule has 0 aromatic rings. The molecule has 0 unspecified atom stereocenters. The molecule has 0 aliphatic carbocycles. The summed E-state index contributed by atoms with van der Waals surface area (Å²) in [5.41, 5.74) is -1.12. The van der Waals surface area contributed by atoms with Gasteiger partial charge in [0.05, 0.1) is 11.8 Å². The van der Waals surface area contributed by atoms with Crippen molar-refractivity contribution in [3.05, 3.63) is 0 Å². The Kier molecular flexibility index (Phi) is 4.13. The van der Waals surface area contributed by atoms with Crippen LogP contribution < -0.4 is 0 Å². The lowest BCUT2D eigenvalue weighted by atomic mass is 9.82. The highest BCUT2D eigenvalue weighted by atomic mass is 32.1. The van der Waals surface area contributed by atoms with Gasteiger partial charge < -0.3 is 0 Å². The van der Waals surface area contributed by atoms with E-state index in [1.165, 1.54) is 5.37 Å². The fourth-order valence-electron chi connectivity index (χ4n) is 0.705. The quantitative estimate of drug-likeness (QED) is 0.533. The molecule has 0 rings (SSSR count). The third-order valence-corrected chi connectivity index (χ3v) is 2.76.